The molecule has 0 aliphatic carbocycles. The van der Waals surface area contributed by atoms with Gasteiger partial charge in [-0.2, -0.15) is 0 Å². The molecule has 0 aliphatic rings. The van der Waals surface area contributed by atoms with Crippen molar-refractivity contribution in [1.29, 1.82) is 0 Å². The fourth-order valence-electron chi connectivity index (χ4n) is 1.59. The lowest BCUT2D eigenvalue weighted by Crippen LogP contribution is -2.03. The largest absolute Gasteiger partial charge is 0.748 e. The molecule has 0 aliphatic heterocycles. The van der Waals surface area contributed by atoms with Crippen LogP contribution in [-0.4, -0.2) is 30.6 Å². The van der Waals surface area contributed by atoms with E-state index in [9.17, 15) is 5.11 Å². The van der Waals surface area contributed by atoms with E-state index in [1.165, 1.54) is 10.5 Å². The van der Waals surface area contributed by atoms with Gasteiger partial charge in [-0.3, -0.25) is 0 Å². The zero-order valence-corrected chi connectivity index (χ0v) is 13.5. The molecule has 1 atom stereocenters. The first-order valence-electron chi connectivity index (χ1n) is 6.12. The first kappa shape index (κ1) is 17.6. The molecule has 0 fully saturated rings. The Morgan fingerprint density at radius 1 is 1.05 bits per heavy atom. The van der Waals surface area contributed by atoms with Crippen LogP contribution < -0.4 is 0 Å². The molecule has 21 heavy (non-hydrogen) atoms. The van der Waals surface area contributed by atoms with E-state index in [1.54, 1.807) is 12.1 Å². The van der Waals surface area contributed by atoms with Crippen LogP contribution in [0.4, 0.5) is 0 Å². The first-order valence-corrected chi connectivity index (χ1v) is 9.74. The van der Waals surface area contributed by atoms with E-state index in [1.807, 2.05) is 18.2 Å². The Hall–Kier alpha value is -1.50. The summed E-state index contributed by atoms with van der Waals surface area (Å²) in [6, 6.07) is 18.0. The van der Waals surface area contributed by atoms with Gasteiger partial charge in [0.25, 0.3) is 0 Å². The SMILES string of the molecule is CS(=O)(=O)[O-].C[S+](Cc1ccccc1)c1ccc(O)cc1. The number of aromatic hydroxyl groups is 1. The van der Waals surface area contributed by atoms with Crippen LogP contribution in [0.5, 0.6) is 5.75 Å². The summed E-state index contributed by atoms with van der Waals surface area (Å²) in [5, 5.41) is 9.23. The fraction of sp³-hybridized carbons (Fsp3) is 0.200. The van der Waals surface area contributed by atoms with Crippen LogP contribution in [-0.2, 0) is 26.8 Å². The zero-order chi connectivity index (χ0) is 15.9. The molecule has 2 rings (SSSR count). The molecule has 0 amide bonds. The topological polar surface area (TPSA) is 77.4 Å². The van der Waals surface area contributed by atoms with Gasteiger partial charge in [-0.25, -0.2) is 8.42 Å². The lowest BCUT2D eigenvalue weighted by atomic mass is 10.2. The molecule has 0 spiro atoms. The van der Waals surface area contributed by atoms with Gasteiger partial charge in [0.1, 0.15) is 17.8 Å². The van der Waals surface area contributed by atoms with Crippen molar-refractivity contribution in [2.24, 2.45) is 0 Å². The van der Waals surface area contributed by atoms with Crippen molar-refractivity contribution in [3.8, 4) is 5.75 Å². The van der Waals surface area contributed by atoms with Gasteiger partial charge in [0, 0.05) is 22.7 Å². The van der Waals surface area contributed by atoms with Crippen LogP contribution in [0, 0.1) is 0 Å². The number of rotatable bonds is 3. The molecule has 0 heterocycles. The molecule has 0 radical (unpaired) electrons. The summed E-state index contributed by atoms with van der Waals surface area (Å²) in [7, 11) is -3.72. The third-order valence-corrected chi connectivity index (χ3v) is 4.31. The number of hydrogen-bond acceptors (Lipinski definition) is 4. The maximum atomic E-state index is 9.23. The third-order valence-electron chi connectivity index (χ3n) is 2.47. The van der Waals surface area contributed by atoms with Gasteiger partial charge >= 0.3 is 0 Å². The number of phenolic OH excluding ortho intramolecular Hbond substituents is 1. The molecule has 4 nitrogen and oxygen atoms in total. The molecule has 0 saturated carbocycles. The highest BCUT2D eigenvalue weighted by Gasteiger charge is 2.15. The van der Waals surface area contributed by atoms with Gasteiger partial charge in [-0.1, -0.05) is 30.3 Å². The van der Waals surface area contributed by atoms with Crippen molar-refractivity contribution in [2.45, 2.75) is 10.6 Å². The Morgan fingerprint density at radius 2 is 1.52 bits per heavy atom. The summed E-state index contributed by atoms with van der Waals surface area (Å²) in [5.41, 5.74) is 1.36. The number of benzene rings is 2. The highest BCUT2D eigenvalue weighted by molar-refractivity contribution is 7.95. The maximum absolute atomic E-state index is 9.23. The monoisotopic (exact) mass is 326 g/mol. The van der Waals surface area contributed by atoms with Crippen LogP contribution in [0.1, 0.15) is 5.56 Å². The standard InChI is InChI=1S/C14H14OS.CH4O3S/c1-16(11-12-5-3-2-4-6-12)14-9-7-13(15)8-10-14;1-5(2,3)4/h2-10H,11H2,1H3;1H3,(H,2,3,4). The average Bonchev–Trinajstić information content (AvgIpc) is 2.38. The second-order valence-electron chi connectivity index (χ2n) is 4.47. The van der Waals surface area contributed by atoms with E-state index < -0.39 is 10.1 Å². The summed E-state index contributed by atoms with van der Waals surface area (Å²) < 4.78 is 27.2. The Morgan fingerprint density at radius 3 is 2.00 bits per heavy atom. The molecule has 1 unspecified atom stereocenters. The summed E-state index contributed by atoms with van der Waals surface area (Å²) >= 11 is 0. The molecule has 0 saturated heterocycles. The minimum absolute atomic E-state index is 0.196. The summed E-state index contributed by atoms with van der Waals surface area (Å²) in [6.45, 7) is 0. The zero-order valence-electron chi connectivity index (χ0n) is 11.9. The lowest BCUT2D eigenvalue weighted by molar-refractivity contribution is 0.470. The van der Waals surface area contributed by atoms with Crippen molar-refractivity contribution in [1.82, 2.24) is 0 Å². The van der Waals surface area contributed by atoms with Crippen LogP contribution in [0.3, 0.4) is 0 Å². The van der Waals surface area contributed by atoms with E-state index in [0.717, 1.165) is 5.75 Å². The summed E-state index contributed by atoms with van der Waals surface area (Å²) in [5.74, 6) is 1.39. The smallest absolute Gasteiger partial charge is 0.155 e. The molecule has 0 bridgehead atoms. The van der Waals surface area contributed by atoms with Crippen LogP contribution in [0.2, 0.25) is 0 Å². The molecular weight excluding hydrogens is 308 g/mol. The third kappa shape index (κ3) is 8.39. The average molecular weight is 326 g/mol. The van der Waals surface area contributed by atoms with Gasteiger partial charge in [0.2, 0.25) is 0 Å². The first-order chi connectivity index (χ1) is 9.75. The van der Waals surface area contributed by atoms with Crippen molar-refractivity contribution in [2.75, 3.05) is 12.5 Å². The highest BCUT2D eigenvalue weighted by atomic mass is 32.2. The minimum Gasteiger partial charge on any atom is -0.748 e. The van der Waals surface area contributed by atoms with Gasteiger partial charge in [0.05, 0.1) is 10.1 Å². The minimum atomic E-state index is -3.92. The van der Waals surface area contributed by atoms with E-state index in [2.05, 4.69) is 30.5 Å². The Balaban J connectivity index is 0.000000383. The van der Waals surface area contributed by atoms with Crippen molar-refractivity contribution in [3.63, 3.8) is 0 Å². The van der Waals surface area contributed by atoms with Crippen LogP contribution >= 0.6 is 0 Å². The van der Waals surface area contributed by atoms with Crippen molar-refractivity contribution >= 4 is 21.0 Å². The molecule has 6 heteroatoms. The van der Waals surface area contributed by atoms with E-state index in [4.69, 9.17) is 13.0 Å². The van der Waals surface area contributed by atoms with Gasteiger partial charge in [-0.05, 0) is 24.3 Å². The van der Waals surface area contributed by atoms with E-state index in [0.29, 0.717) is 12.0 Å². The second kappa shape index (κ2) is 8.07. The summed E-state index contributed by atoms with van der Waals surface area (Å²) in [6.07, 6.45) is 2.84. The molecule has 1 N–H and O–H groups in total. The Kier molecular flexibility index (Phi) is 6.74. The second-order valence-corrected chi connectivity index (χ2v) is 7.91. The van der Waals surface area contributed by atoms with Gasteiger partial charge < -0.3 is 9.66 Å². The molecule has 2 aromatic carbocycles. The summed E-state index contributed by atoms with van der Waals surface area (Å²) in [4.78, 5) is 1.29. The van der Waals surface area contributed by atoms with E-state index in [-0.39, 0.29) is 10.9 Å². The molecule has 114 valence electrons. The molecule has 0 aromatic heterocycles. The lowest BCUT2D eigenvalue weighted by Gasteiger charge is -2.03. The van der Waals surface area contributed by atoms with Crippen LogP contribution in [0.25, 0.3) is 0 Å². The Labute approximate surface area is 128 Å². The Bertz CT molecular complexity index is 629. The maximum Gasteiger partial charge on any atom is 0.155 e. The predicted molar refractivity (Wildman–Crippen MR) is 85.4 cm³/mol. The van der Waals surface area contributed by atoms with Gasteiger partial charge in [0.15, 0.2) is 4.90 Å². The van der Waals surface area contributed by atoms with Crippen molar-refractivity contribution in [3.05, 3.63) is 60.2 Å². The quantitative estimate of drug-likeness (QED) is 0.694. The van der Waals surface area contributed by atoms with E-state index >= 15 is 0 Å². The highest BCUT2D eigenvalue weighted by Crippen LogP contribution is 2.19. The predicted octanol–water partition coefficient (Wildman–Crippen LogP) is 2.36. The van der Waals surface area contributed by atoms with Crippen molar-refractivity contribution < 1.29 is 18.1 Å². The number of hydrogen-bond donors (Lipinski definition) is 1. The molecular formula is C15H18O4S2. The molecule has 2 aromatic rings. The van der Waals surface area contributed by atoms with Gasteiger partial charge in [-0.15, -0.1) is 0 Å². The number of phenols is 1. The fourth-order valence-corrected chi connectivity index (χ4v) is 3.05. The van der Waals surface area contributed by atoms with Crippen LogP contribution in [0.15, 0.2) is 59.5 Å². The normalized spacial score (nSPS) is 12.1.